The molecule has 3 heterocycles. The number of nitrogens with zero attached hydrogens (tertiary/aromatic N) is 2. The fourth-order valence-electron chi connectivity index (χ4n) is 2.32. The van der Waals surface area contributed by atoms with Gasteiger partial charge in [0.05, 0.1) is 17.1 Å². The molecule has 1 aromatic carbocycles. The first-order valence-electron chi connectivity index (χ1n) is 5.64. The molecule has 2 aliphatic heterocycles. The van der Waals surface area contributed by atoms with Crippen molar-refractivity contribution in [1.82, 2.24) is 4.98 Å². The fourth-order valence-corrected chi connectivity index (χ4v) is 3.41. The van der Waals surface area contributed by atoms with Crippen molar-refractivity contribution >= 4 is 28.4 Å². The van der Waals surface area contributed by atoms with E-state index in [1.807, 2.05) is 23.9 Å². The minimum Gasteiger partial charge on any atom is -0.395 e. The summed E-state index contributed by atoms with van der Waals surface area (Å²) in [5.74, 6) is 1.47. The van der Waals surface area contributed by atoms with Crippen molar-refractivity contribution in [1.29, 1.82) is 0 Å². The molecule has 2 aromatic rings. The third kappa shape index (κ3) is 1.37. The van der Waals surface area contributed by atoms with E-state index in [2.05, 4.69) is 23.4 Å². The highest BCUT2D eigenvalue weighted by molar-refractivity contribution is 7.99. The van der Waals surface area contributed by atoms with Crippen LogP contribution in [0.1, 0.15) is 5.56 Å². The molecule has 84 valence electrons. The van der Waals surface area contributed by atoms with Crippen molar-refractivity contribution < 1.29 is 4.84 Å². The summed E-state index contributed by atoms with van der Waals surface area (Å²) in [4.78, 5) is 9.91. The fraction of sp³-hybridized carbons (Fsp3) is 0.231. The van der Waals surface area contributed by atoms with E-state index < -0.39 is 0 Å². The molecule has 1 atom stereocenters. The average molecular weight is 242 g/mol. The molecule has 1 unspecified atom stereocenters. The monoisotopic (exact) mass is 242 g/mol. The molecule has 0 spiro atoms. The molecule has 0 radical (unpaired) electrons. The number of hydrogen-bond donors (Lipinski definition) is 0. The number of rotatable bonds is 0. The Labute approximate surface area is 103 Å². The van der Waals surface area contributed by atoms with Crippen LogP contribution < -0.4 is 0 Å². The van der Waals surface area contributed by atoms with Gasteiger partial charge in [-0.1, -0.05) is 23.4 Å². The van der Waals surface area contributed by atoms with Crippen LogP contribution in [-0.4, -0.2) is 23.1 Å². The van der Waals surface area contributed by atoms with Gasteiger partial charge in [0.25, 0.3) is 0 Å². The Morgan fingerprint density at radius 1 is 1.29 bits per heavy atom. The molecule has 1 aromatic heterocycles. The SMILES string of the molecule is c1ccc2nc3c(cc2c1)C1=NOCC1CS3. The molecule has 0 bridgehead atoms. The molecule has 0 fully saturated rings. The third-order valence-electron chi connectivity index (χ3n) is 3.21. The second kappa shape index (κ2) is 3.47. The minimum atomic E-state index is 0.440. The lowest BCUT2D eigenvalue weighted by atomic mass is 9.99. The molecule has 0 saturated heterocycles. The molecule has 0 aliphatic carbocycles. The van der Waals surface area contributed by atoms with Crippen molar-refractivity contribution in [3.63, 3.8) is 0 Å². The Balaban J connectivity index is 1.99. The zero-order valence-electron chi connectivity index (χ0n) is 9.09. The van der Waals surface area contributed by atoms with Crippen LogP contribution in [0.2, 0.25) is 0 Å². The van der Waals surface area contributed by atoms with Crippen molar-refractivity contribution in [2.45, 2.75) is 5.03 Å². The van der Waals surface area contributed by atoms with E-state index in [0.29, 0.717) is 12.5 Å². The van der Waals surface area contributed by atoms with Gasteiger partial charge in [-0.2, -0.15) is 0 Å². The van der Waals surface area contributed by atoms with Crippen molar-refractivity contribution in [2.24, 2.45) is 11.1 Å². The van der Waals surface area contributed by atoms with Gasteiger partial charge in [0.2, 0.25) is 0 Å². The Morgan fingerprint density at radius 3 is 3.24 bits per heavy atom. The van der Waals surface area contributed by atoms with Gasteiger partial charge in [-0.15, -0.1) is 11.8 Å². The van der Waals surface area contributed by atoms with Gasteiger partial charge in [0.1, 0.15) is 11.6 Å². The number of benzene rings is 1. The van der Waals surface area contributed by atoms with E-state index in [0.717, 1.165) is 27.6 Å². The van der Waals surface area contributed by atoms with Crippen LogP contribution in [-0.2, 0) is 4.84 Å². The molecular weight excluding hydrogens is 232 g/mol. The highest BCUT2D eigenvalue weighted by atomic mass is 32.2. The summed E-state index contributed by atoms with van der Waals surface area (Å²) in [7, 11) is 0. The highest BCUT2D eigenvalue weighted by Crippen LogP contribution is 2.36. The number of fused-ring (bicyclic) bond motifs is 4. The first-order valence-corrected chi connectivity index (χ1v) is 6.63. The molecule has 17 heavy (non-hydrogen) atoms. The number of aromatic nitrogens is 1. The van der Waals surface area contributed by atoms with E-state index in [4.69, 9.17) is 9.82 Å². The van der Waals surface area contributed by atoms with Crippen molar-refractivity contribution in [3.05, 3.63) is 35.9 Å². The maximum atomic E-state index is 5.21. The van der Waals surface area contributed by atoms with Crippen LogP contribution in [0.4, 0.5) is 0 Å². The summed E-state index contributed by atoms with van der Waals surface area (Å²) in [6.07, 6.45) is 0. The second-order valence-electron chi connectivity index (χ2n) is 4.31. The van der Waals surface area contributed by atoms with E-state index in [-0.39, 0.29) is 0 Å². The summed E-state index contributed by atoms with van der Waals surface area (Å²) in [6.45, 7) is 0.717. The maximum absolute atomic E-state index is 5.21. The Bertz CT molecular complexity index is 638. The number of oxime groups is 1. The van der Waals surface area contributed by atoms with E-state index in [9.17, 15) is 0 Å². The second-order valence-corrected chi connectivity index (χ2v) is 5.32. The van der Waals surface area contributed by atoms with E-state index in [1.165, 1.54) is 5.39 Å². The largest absolute Gasteiger partial charge is 0.395 e. The third-order valence-corrected chi connectivity index (χ3v) is 4.37. The number of thioether (sulfide) groups is 1. The summed E-state index contributed by atoms with van der Waals surface area (Å²) in [6, 6.07) is 10.4. The molecule has 2 aliphatic rings. The van der Waals surface area contributed by atoms with Gasteiger partial charge >= 0.3 is 0 Å². The van der Waals surface area contributed by atoms with Crippen molar-refractivity contribution in [3.8, 4) is 0 Å². The number of hydrogen-bond acceptors (Lipinski definition) is 4. The van der Waals surface area contributed by atoms with Gasteiger partial charge in [0, 0.05) is 16.7 Å². The van der Waals surface area contributed by atoms with E-state index >= 15 is 0 Å². The van der Waals surface area contributed by atoms with E-state index in [1.54, 1.807) is 0 Å². The normalized spacial score (nSPS) is 21.6. The molecule has 0 amide bonds. The number of pyridine rings is 1. The summed E-state index contributed by atoms with van der Waals surface area (Å²) < 4.78 is 0. The molecule has 4 rings (SSSR count). The van der Waals surface area contributed by atoms with Gasteiger partial charge in [-0.05, 0) is 12.1 Å². The zero-order chi connectivity index (χ0) is 11.2. The highest BCUT2D eigenvalue weighted by Gasteiger charge is 2.32. The Kier molecular flexibility index (Phi) is 1.93. The quantitative estimate of drug-likeness (QED) is 0.712. The van der Waals surface area contributed by atoms with Gasteiger partial charge in [-0.25, -0.2) is 4.98 Å². The molecular formula is C13H10N2OS. The minimum absolute atomic E-state index is 0.440. The predicted molar refractivity (Wildman–Crippen MR) is 68.4 cm³/mol. The Hall–Kier alpha value is -1.55. The average Bonchev–Trinajstić information content (AvgIpc) is 2.85. The Morgan fingerprint density at radius 2 is 2.24 bits per heavy atom. The first kappa shape index (κ1) is 9.48. The van der Waals surface area contributed by atoms with Gasteiger partial charge in [-0.3, -0.25) is 0 Å². The predicted octanol–water partition coefficient (Wildman–Crippen LogP) is 2.69. The standard InChI is InChI=1S/C13H10N2OS/c1-2-4-11-8(3-1)5-10-12-9(6-16-15-12)7-17-13(10)14-11/h1-5,9H,6-7H2. The smallest absolute Gasteiger partial charge is 0.126 e. The lowest BCUT2D eigenvalue weighted by Crippen LogP contribution is -2.22. The van der Waals surface area contributed by atoms with Gasteiger partial charge in [0.15, 0.2) is 0 Å². The first-order chi connectivity index (χ1) is 8.42. The van der Waals surface area contributed by atoms with Crippen LogP contribution in [0.3, 0.4) is 0 Å². The lowest BCUT2D eigenvalue weighted by Gasteiger charge is -2.19. The van der Waals surface area contributed by atoms with Gasteiger partial charge < -0.3 is 4.84 Å². The van der Waals surface area contributed by atoms with Crippen LogP contribution in [0.5, 0.6) is 0 Å². The lowest BCUT2D eigenvalue weighted by molar-refractivity contribution is 0.159. The van der Waals surface area contributed by atoms with Crippen LogP contribution in [0.25, 0.3) is 10.9 Å². The van der Waals surface area contributed by atoms with Crippen molar-refractivity contribution in [2.75, 3.05) is 12.4 Å². The molecule has 3 nitrogen and oxygen atoms in total. The summed E-state index contributed by atoms with van der Waals surface area (Å²) >= 11 is 1.81. The summed E-state index contributed by atoms with van der Waals surface area (Å²) in [5.41, 5.74) is 3.29. The number of para-hydroxylation sites is 1. The molecule has 4 heteroatoms. The maximum Gasteiger partial charge on any atom is 0.126 e. The molecule has 0 saturated carbocycles. The van der Waals surface area contributed by atoms with Crippen LogP contribution in [0, 0.1) is 5.92 Å². The topological polar surface area (TPSA) is 34.5 Å². The summed E-state index contributed by atoms with van der Waals surface area (Å²) in [5, 5.41) is 6.43. The zero-order valence-corrected chi connectivity index (χ0v) is 9.91. The van der Waals surface area contributed by atoms with Crippen LogP contribution in [0.15, 0.2) is 40.5 Å². The van der Waals surface area contributed by atoms with Crippen LogP contribution >= 0.6 is 11.8 Å². The molecule has 0 N–H and O–H groups in total.